The van der Waals surface area contributed by atoms with E-state index in [1.165, 1.54) is 24.4 Å². The molecule has 0 bridgehead atoms. The van der Waals surface area contributed by atoms with Gasteiger partial charge in [-0.25, -0.2) is 0 Å². The molecule has 1 unspecified atom stereocenters. The van der Waals surface area contributed by atoms with Crippen LogP contribution in [0.1, 0.15) is 33.9 Å². The van der Waals surface area contributed by atoms with E-state index in [2.05, 4.69) is 4.98 Å². The third-order valence-corrected chi connectivity index (χ3v) is 6.63. The average Bonchev–Trinajstić information content (AvgIpc) is 3.22. The maximum Gasteiger partial charge on any atom is 0.310 e. The fourth-order valence-electron chi connectivity index (χ4n) is 5.28. The van der Waals surface area contributed by atoms with E-state index >= 15 is 0 Å². The summed E-state index contributed by atoms with van der Waals surface area (Å²) in [7, 11) is 0. The molecule has 3 N–H and O–H groups in total. The number of carboxylic acids is 1. The van der Waals surface area contributed by atoms with Gasteiger partial charge in [-0.05, 0) is 23.3 Å². The van der Waals surface area contributed by atoms with Crippen LogP contribution in [-0.4, -0.2) is 32.4 Å². The second-order valence-electron chi connectivity index (χ2n) is 8.17. The van der Waals surface area contributed by atoms with Crippen LogP contribution in [0, 0.1) is 28.6 Å². The highest BCUT2D eigenvalue weighted by Gasteiger charge is 2.78. The summed E-state index contributed by atoms with van der Waals surface area (Å²) in [4.78, 5) is 16.6. The number of hydrogen-bond acceptors (Lipinski definition) is 7. The number of aliphatic carboxylic acids is 1. The summed E-state index contributed by atoms with van der Waals surface area (Å²) in [6.45, 7) is 0. The van der Waals surface area contributed by atoms with Gasteiger partial charge >= 0.3 is 5.97 Å². The lowest BCUT2D eigenvalue weighted by Crippen LogP contribution is -2.52. The van der Waals surface area contributed by atoms with Gasteiger partial charge in [-0.2, -0.15) is 10.5 Å². The minimum atomic E-state index is -2.24. The molecule has 33 heavy (non-hydrogen) atoms. The lowest BCUT2D eigenvalue weighted by molar-refractivity contribution is -0.160. The normalized spacial score (nSPS) is 29.3. The van der Waals surface area contributed by atoms with Crippen molar-refractivity contribution in [3.63, 3.8) is 0 Å². The van der Waals surface area contributed by atoms with Crippen LogP contribution in [0.4, 0.5) is 0 Å². The number of ether oxygens (including phenoxy) is 1. The number of carboxylic acid groups (broad SMARTS) is 1. The summed E-state index contributed by atoms with van der Waals surface area (Å²) in [6.07, 6.45) is -0.537. The molecule has 1 aliphatic carbocycles. The maximum absolute atomic E-state index is 12.4. The minimum Gasteiger partial charge on any atom is -0.481 e. The van der Waals surface area contributed by atoms with Gasteiger partial charge in [-0.15, -0.1) is 0 Å². The van der Waals surface area contributed by atoms with Gasteiger partial charge in [0.25, 0.3) is 0 Å². The molecular formula is C25H17N3O5. The summed E-state index contributed by atoms with van der Waals surface area (Å²) in [5.41, 5.74) is -2.60. The Balaban J connectivity index is 1.86. The van der Waals surface area contributed by atoms with Crippen LogP contribution < -0.4 is 4.74 Å². The van der Waals surface area contributed by atoms with Crippen LogP contribution in [0.5, 0.6) is 5.75 Å². The van der Waals surface area contributed by atoms with Crippen molar-refractivity contribution in [3.05, 3.63) is 94.8 Å². The predicted molar refractivity (Wildman–Crippen MR) is 113 cm³/mol. The number of hydrogen-bond donors (Lipinski definition) is 3. The van der Waals surface area contributed by atoms with Crippen LogP contribution >= 0.6 is 0 Å². The van der Waals surface area contributed by atoms with Crippen molar-refractivity contribution in [2.45, 2.75) is 23.2 Å². The Morgan fingerprint density at radius 3 is 2.30 bits per heavy atom. The summed E-state index contributed by atoms with van der Waals surface area (Å²) >= 11 is 0. The van der Waals surface area contributed by atoms with Crippen LogP contribution in [0.25, 0.3) is 0 Å². The van der Waals surface area contributed by atoms with Gasteiger partial charge in [-0.3, -0.25) is 9.78 Å². The molecular weight excluding hydrogens is 422 g/mol. The van der Waals surface area contributed by atoms with Crippen molar-refractivity contribution in [1.29, 1.82) is 10.5 Å². The molecule has 1 aromatic heterocycles. The average molecular weight is 439 g/mol. The van der Waals surface area contributed by atoms with E-state index in [-0.39, 0.29) is 17.0 Å². The van der Waals surface area contributed by atoms with Gasteiger partial charge in [0.1, 0.15) is 23.6 Å². The van der Waals surface area contributed by atoms with Crippen molar-refractivity contribution in [1.82, 2.24) is 4.98 Å². The zero-order chi connectivity index (χ0) is 23.4. The predicted octanol–water partition coefficient (Wildman–Crippen LogP) is 2.16. The van der Waals surface area contributed by atoms with Gasteiger partial charge in [0.2, 0.25) is 0 Å². The number of carbonyl (C=O) groups is 1. The molecule has 1 fully saturated rings. The fourth-order valence-corrected chi connectivity index (χ4v) is 5.28. The first-order valence-electron chi connectivity index (χ1n) is 10.2. The largest absolute Gasteiger partial charge is 0.481 e. The van der Waals surface area contributed by atoms with Crippen LogP contribution in [0.15, 0.2) is 66.9 Å². The molecule has 1 saturated carbocycles. The van der Waals surface area contributed by atoms with E-state index in [0.717, 1.165) is 0 Å². The standard InChI is InChI=1S/C25H17N3O5/c26-11-14-6-8-17(9-7-14)25-20(16-4-2-1-3-5-16)19(23(30)31)22(29)24(25,32)21-18(33-25)10-15(12-27)13-28-21/h1-10,13,19-20,22,29,32H,(H,30,31)/t19-,20-,22-,24?,25+/m1/s1. The molecule has 5 rings (SSSR count). The second-order valence-corrected chi connectivity index (χ2v) is 8.17. The lowest BCUT2D eigenvalue weighted by atomic mass is 9.71. The first kappa shape index (κ1) is 20.7. The first-order valence-corrected chi connectivity index (χ1v) is 10.2. The second kappa shape index (κ2) is 7.14. The molecule has 0 amide bonds. The first-order chi connectivity index (χ1) is 15.9. The third kappa shape index (κ3) is 2.56. The van der Waals surface area contributed by atoms with Crippen LogP contribution in [0.2, 0.25) is 0 Å². The van der Waals surface area contributed by atoms with E-state index in [0.29, 0.717) is 16.7 Å². The van der Waals surface area contributed by atoms with Crippen LogP contribution in [-0.2, 0) is 16.0 Å². The Hall–Kier alpha value is -4.24. The van der Waals surface area contributed by atoms with Gasteiger partial charge in [0.15, 0.2) is 11.2 Å². The Bertz CT molecular complexity index is 1350. The fraction of sp³-hybridized carbons (Fsp3) is 0.200. The Morgan fingerprint density at radius 1 is 1.03 bits per heavy atom. The minimum absolute atomic E-state index is 0.0389. The van der Waals surface area contributed by atoms with Gasteiger partial charge < -0.3 is 20.1 Å². The summed E-state index contributed by atoms with van der Waals surface area (Å²) in [6, 6.07) is 20.3. The molecule has 0 radical (unpaired) electrons. The highest BCUT2D eigenvalue weighted by atomic mass is 16.5. The summed E-state index contributed by atoms with van der Waals surface area (Å²) < 4.78 is 6.37. The molecule has 162 valence electrons. The number of nitrogens with zero attached hydrogens (tertiary/aromatic N) is 3. The number of fused-ring (bicyclic) bond motifs is 3. The Kier molecular flexibility index (Phi) is 4.47. The monoisotopic (exact) mass is 439 g/mol. The van der Waals surface area contributed by atoms with Crippen molar-refractivity contribution >= 4 is 5.97 Å². The van der Waals surface area contributed by atoms with E-state index in [1.807, 2.05) is 12.1 Å². The number of rotatable bonds is 3. The SMILES string of the molecule is N#Cc1ccc([C@@]23Oc4cc(C#N)cnc4C2(O)[C@H](O)[C@H](C(=O)O)[C@H]3c2ccccc2)cc1. The number of nitriles is 2. The highest BCUT2D eigenvalue weighted by molar-refractivity contribution is 5.76. The molecule has 3 aromatic rings. The van der Waals surface area contributed by atoms with E-state index in [9.17, 15) is 30.6 Å². The number of benzene rings is 2. The van der Waals surface area contributed by atoms with E-state index in [1.54, 1.807) is 42.5 Å². The zero-order valence-corrected chi connectivity index (χ0v) is 17.1. The molecule has 2 aliphatic rings. The van der Waals surface area contributed by atoms with Crippen molar-refractivity contribution < 1.29 is 24.9 Å². The maximum atomic E-state index is 12.4. The number of aromatic nitrogens is 1. The summed E-state index contributed by atoms with van der Waals surface area (Å²) in [5.74, 6) is -3.67. The smallest absolute Gasteiger partial charge is 0.310 e. The molecule has 0 saturated heterocycles. The topological polar surface area (TPSA) is 147 Å². The van der Waals surface area contributed by atoms with Crippen LogP contribution in [0.3, 0.4) is 0 Å². The molecule has 8 heteroatoms. The van der Waals surface area contributed by atoms with Gasteiger partial charge in [0, 0.05) is 18.2 Å². The quantitative estimate of drug-likeness (QED) is 0.562. The Morgan fingerprint density at radius 2 is 1.70 bits per heavy atom. The van der Waals surface area contributed by atoms with Crippen molar-refractivity contribution in [2.24, 2.45) is 5.92 Å². The third-order valence-electron chi connectivity index (χ3n) is 6.63. The lowest BCUT2D eigenvalue weighted by Gasteiger charge is -2.40. The highest BCUT2D eigenvalue weighted by Crippen LogP contribution is 2.67. The summed E-state index contributed by atoms with van der Waals surface area (Å²) in [5, 5.41) is 52.2. The molecule has 2 heterocycles. The molecule has 8 nitrogen and oxygen atoms in total. The van der Waals surface area contributed by atoms with E-state index in [4.69, 9.17) is 4.74 Å². The van der Waals surface area contributed by atoms with Crippen molar-refractivity contribution in [2.75, 3.05) is 0 Å². The van der Waals surface area contributed by atoms with Crippen molar-refractivity contribution in [3.8, 4) is 17.9 Å². The zero-order valence-electron chi connectivity index (χ0n) is 17.1. The van der Waals surface area contributed by atoms with Gasteiger partial charge in [0.05, 0.1) is 23.1 Å². The number of aliphatic hydroxyl groups excluding tert-OH is 1. The Labute approximate surface area is 188 Å². The molecule has 2 aromatic carbocycles. The molecule has 0 spiro atoms. The van der Waals surface area contributed by atoms with Gasteiger partial charge in [-0.1, -0.05) is 42.5 Å². The molecule has 5 atom stereocenters. The number of aliphatic hydroxyl groups is 2. The number of pyridine rings is 1. The van der Waals surface area contributed by atoms with E-state index < -0.39 is 35.1 Å². The molecule has 1 aliphatic heterocycles.